The zero-order valence-corrected chi connectivity index (χ0v) is 15.3. The van der Waals surface area contributed by atoms with Crippen LogP contribution in [0.4, 0.5) is 0 Å². The summed E-state index contributed by atoms with van der Waals surface area (Å²) in [5.41, 5.74) is 7.40. The summed E-state index contributed by atoms with van der Waals surface area (Å²) in [5.74, 6) is 0. The average molecular weight is 385 g/mol. The minimum absolute atomic E-state index is 1.09. The quantitative estimate of drug-likeness (QED) is 0.344. The molecular weight excluding hydrogens is 368 g/mol. The summed E-state index contributed by atoms with van der Waals surface area (Å²) < 4.78 is 1.09. The van der Waals surface area contributed by atoms with Crippen LogP contribution in [0.5, 0.6) is 0 Å². The lowest BCUT2D eigenvalue weighted by molar-refractivity contribution is 1.55. The normalized spacial score (nSPS) is 10.6. The molecule has 0 N–H and O–H groups in total. The van der Waals surface area contributed by atoms with Gasteiger partial charge in [-0.25, -0.2) is 0 Å². The molecule has 0 bridgehead atoms. The van der Waals surface area contributed by atoms with Crippen molar-refractivity contribution in [3.63, 3.8) is 0 Å². The van der Waals surface area contributed by atoms with E-state index in [9.17, 15) is 0 Å². The van der Waals surface area contributed by atoms with E-state index in [0.717, 1.165) is 4.47 Å². The molecule has 0 aliphatic carbocycles. The highest BCUT2D eigenvalue weighted by molar-refractivity contribution is 9.10. The third-order valence-electron chi connectivity index (χ3n) is 4.35. The molecule has 0 saturated heterocycles. The molecule has 0 fully saturated rings. The molecule has 0 atom stereocenters. The van der Waals surface area contributed by atoms with E-state index < -0.39 is 0 Å². The third-order valence-corrected chi connectivity index (χ3v) is 4.84. The molecule has 4 aromatic carbocycles. The van der Waals surface area contributed by atoms with Crippen LogP contribution in [-0.2, 0) is 0 Å². The average Bonchev–Trinajstić information content (AvgIpc) is 2.69. The molecule has 0 spiro atoms. The van der Waals surface area contributed by atoms with E-state index >= 15 is 0 Å². The molecule has 0 nitrogen and oxygen atoms in total. The van der Waals surface area contributed by atoms with Gasteiger partial charge in [-0.15, -0.1) is 0 Å². The summed E-state index contributed by atoms with van der Waals surface area (Å²) >= 11 is 3.63. The highest BCUT2D eigenvalue weighted by Gasteiger charge is 2.09. The van der Waals surface area contributed by atoms with E-state index in [2.05, 4.69) is 119 Å². The second-order valence-corrected chi connectivity index (χ2v) is 6.92. The monoisotopic (exact) mass is 384 g/mol. The molecule has 1 heteroatoms. The molecule has 0 aromatic heterocycles. The van der Waals surface area contributed by atoms with Gasteiger partial charge in [0, 0.05) is 4.47 Å². The Morgan fingerprint density at radius 1 is 0.400 bits per heavy atom. The van der Waals surface area contributed by atoms with E-state index in [1.54, 1.807) is 0 Å². The summed E-state index contributed by atoms with van der Waals surface area (Å²) in [6, 6.07) is 36.3. The topological polar surface area (TPSA) is 0 Å². The van der Waals surface area contributed by atoms with Gasteiger partial charge < -0.3 is 0 Å². The predicted octanol–water partition coefficient (Wildman–Crippen LogP) is 7.45. The molecule has 0 aliphatic heterocycles. The fourth-order valence-corrected chi connectivity index (χ4v) is 3.48. The Morgan fingerprint density at radius 2 is 1.00 bits per heavy atom. The van der Waals surface area contributed by atoms with Crippen molar-refractivity contribution in [3.05, 3.63) is 108 Å². The van der Waals surface area contributed by atoms with Crippen LogP contribution in [0.1, 0.15) is 0 Å². The SMILES string of the molecule is Brc1ccc(-c2ccccc2)c(-c2cccc(-c3ccccc3)c2)c1. The zero-order valence-electron chi connectivity index (χ0n) is 13.7. The standard InChI is InChI=1S/C24H17Br/c25-22-14-15-23(19-10-5-2-6-11-19)24(17-22)21-13-7-12-20(16-21)18-8-3-1-4-9-18/h1-17H. The first-order valence-electron chi connectivity index (χ1n) is 8.32. The Kier molecular flexibility index (Phi) is 4.49. The number of rotatable bonds is 3. The number of halogens is 1. The van der Waals surface area contributed by atoms with Gasteiger partial charge in [-0.1, -0.05) is 101 Å². The van der Waals surface area contributed by atoms with Crippen LogP contribution in [-0.4, -0.2) is 0 Å². The van der Waals surface area contributed by atoms with Gasteiger partial charge in [0.15, 0.2) is 0 Å². The molecule has 0 unspecified atom stereocenters. The number of benzene rings is 4. The van der Waals surface area contributed by atoms with Gasteiger partial charge >= 0.3 is 0 Å². The van der Waals surface area contributed by atoms with E-state index in [4.69, 9.17) is 0 Å². The molecule has 0 heterocycles. The van der Waals surface area contributed by atoms with Gasteiger partial charge in [0.2, 0.25) is 0 Å². The van der Waals surface area contributed by atoms with Crippen molar-refractivity contribution in [2.45, 2.75) is 0 Å². The molecule has 120 valence electrons. The fraction of sp³-hybridized carbons (Fsp3) is 0. The summed E-state index contributed by atoms with van der Waals surface area (Å²) in [6.45, 7) is 0. The van der Waals surface area contributed by atoms with Gasteiger partial charge in [-0.3, -0.25) is 0 Å². The van der Waals surface area contributed by atoms with Gasteiger partial charge in [0.25, 0.3) is 0 Å². The lowest BCUT2D eigenvalue weighted by Crippen LogP contribution is -1.87. The lowest BCUT2D eigenvalue weighted by atomic mass is 9.93. The molecule has 0 amide bonds. The van der Waals surface area contributed by atoms with E-state index in [0.29, 0.717) is 0 Å². The Morgan fingerprint density at radius 3 is 1.72 bits per heavy atom. The Bertz CT molecular complexity index is 989. The lowest BCUT2D eigenvalue weighted by Gasteiger charge is -2.12. The maximum absolute atomic E-state index is 3.63. The maximum atomic E-state index is 3.63. The van der Waals surface area contributed by atoms with Crippen LogP contribution >= 0.6 is 15.9 Å². The van der Waals surface area contributed by atoms with Gasteiger partial charge in [0.05, 0.1) is 0 Å². The largest absolute Gasteiger partial charge is 0.0622 e. The van der Waals surface area contributed by atoms with Gasteiger partial charge in [0.1, 0.15) is 0 Å². The number of hydrogen-bond acceptors (Lipinski definition) is 0. The summed E-state index contributed by atoms with van der Waals surface area (Å²) in [7, 11) is 0. The molecule has 4 rings (SSSR count). The Balaban J connectivity index is 1.87. The third kappa shape index (κ3) is 3.42. The van der Waals surface area contributed by atoms with Gasteiger partial charge in [-0.05, 0) is 51.6 Å². The van der Waals surface area contributed by atoms with Crippen molar-refractivity contribution in [1.29, 1.82) is 0 Å². The minimum atomic E-state index is 1.09. The Labute approximate surface area is 156 Å². The van der Waals surface area contributed by atoms with Crippen molar-refractivity contribution in [1.82, 2.24) is 0 Å². The second-order valence-electron chi connectivity index (χ2n) is 6.00. The first-order chi connectivity index (χ1) is 12.3. The van der Waals surface area contributed by atoms with Crippen LogP contribution in [0.25, 0.3) is 33.4 Å². The van der Waals surface area contributed by atoms with Crippen molar-refractivity contribution >= 4 is 15.9 Å². The van der Waals surface area contributed by atoms with E-state index in [-0.39, 0.29) is 0 Å². The van der Waals surface area contributed by atoms with E-state index in [1.807, 2.05) is 0 Å². The predicted molar refractivity (Wildman–Crippen MR) is 110 cm³/mol. The highest BCUT2D eigenvalue weighted by Crippen LogP contribution is 2.35. The van der Waals surface area contributed by atoms with E-state index in [1.165, 1.54) is 33.4 Å². The van der Waals surface area contributed by atoms with Gasteiger partial charge in [-0.2, -0.15) is 0 Å². The molecule has 0 saturated carbocycles. The van der Waals surface area contributed by atoms with Crippen molar-refractivity contribution in [2.24, 2.45) is 0 Å². The number of hydrogen-bond donors (Lipinski definition) is 0. The minimum Gasteiger partial charge on any atom is -0.0622 e. The summed E-state index contributed by atoms with van der Waals surface area (Å²) in [6.07, 6.45) is 0. The Hall–Kier alpha value is -2.64. The van der Waals surface area contributed by atoms with Crippen LogP contribution in [0, 0.1) is 0 Å². The zero-order chi connectivity index (χ0) is 17.1. The first kappa shape index (κ1) is 15.9. The van der Waals surface area contributed by atoms with Crippen LogP contribution in [0.3, 0.4) is 0 Å². The maximum Gasteiger partial charge on any atom is 0.0181 e. The van der Waals surface area contributed by atoms with Crippen LogP contribution in [0.15, 0.2) is 108 Å². The summed E-state index contributed by atoms with van der Waals surface area (Å²) in [4.78, 5) is 0. The van der Waals surface area contributed by atoms with Crippen molar-refractivity contribution in [2.75, 3.05) is 0 Å². The van der Waals surface area contributed by atoms with Crippen molar-refractivity contribution < 1.29 is 0 Å². The fourth-order valence-electron chi connectivity index (χ4n) is 3.12. The molecule has 25 heavy (non-hydrogen) atoms. The van der Waals surface area contributed by atoms with Crippen LogP contribution < -0.4 is 0 Å². The highest BCUT2D eigenvalue weighted by atomic mass is 79.9. The smallest absolute Gasteiger partial charge is 0.0181 e. The molecule has 4 aromatic rings. The second kappa shape index (κ2) is 7.08. The first-order valence-corrected chi connectivity index (χ1v) is 9.11. The molecule has 0 aliphatic rings. The molecule has 0 radical (unpaired) electrons. The van der Waals surface area contributed by atoms with Crippen LogP contribution in [0.2, 0.25) is 0 Å². The van der Waals surface area contributed by atoms with Crippen molar-refractivity contribution in [3.8, 4) is 33.4 Å². The molecular formula is C24H17Br. The summed E-state index contributed by atoms with van der Waals surface area (Å²) in [5, 5.41) is 0.